The Bertz CT molecular complexity index is 512. The van der Waals surface area contributed by atoms with Crippen molar-refractivity contribution in [3.63, 3.8) is 0 Å². The Morgan fingerprint density at radius 2 is 2.29 bits per heavy atom. The molecule has 0 saturated carbocycles. The van der Waals surface area contributed by atoms with E-state index in [0.29, 0.717) is 18.8 Å². The van der Waals surface area contributed by atoms with Crippen LogP contribution in [0.1, 0.15) is 35.4 Å². The summed E-state index contributed by atoms with van der Waals surface area (Å²) in [6.07, 6.45) is 1.80. The third-order valence-electron chi connectivity index (χ3n) is 3.44. The predicted molar refractivity (Wildman–Crippen MR) is 76.1 cm³/mol. The summed E-state index contributed by atoms with van der Waals surface area (Å²) >= 11 is 0. The standard InChI is InChI=1S/C15H20N2O4/c1-11-4-2-6-13(16-11)15(20)17(8-7-14(18)19)10-12-5-3-9-21-12/h2,4,6,12H,3,5,7-10H2,1H3,(H,18,19). The van der Waals surface area contributed by atoms with Gasteiger partial charge in [-0.15, -0.1) is 0 Å². The van der Waals surface area contributed by atoms with E-state index in [0.717, 1.165) is 18.5 Å². The van der Waals surface area contributed by atoms with Crippen LogP contribution in [0.4, 0.5) is 0 Å². The SMILES string of the molecule is Cc1cccc(C(=O)N(CCC(=O)O)CC2CCCO2)n1. The van der Waals surface area contributed by atoms with Crippen molar-refractivity contribution >= 4 is 11.9 Å². The highest BCUT2D eigenvalue weighted by Crippen LogP contribution is 2.15. The molecule has 1 atom stereocenters. The fourth-order valence-corrected chi connectivity index (χ4v) is 2.36. The van der Waals surface area contributed by atoms with Gasteiger partial charge in [0, 0.05) is 25.4 Å². The second kappa shape index (κ2) is 7.17. The van der Waals surface area contributed by atoms with Crippen LogP contribution in [0.25, 0.3) is 0 Å². The monoisotopic (exact) mass is 292 g/mol. The number of aryl methyl sites for hydroxylation is 1. The Kier molecular flexibility index (Phi) is 5.27. The maximum atomic E-state index is 12.5. The maximum absolute atomic E-state index is 12.5. The summed E-state index contributed by atoms with van der Waals surface area (Å²) in [5, 5.41) is 8.83. The van der Waals surface area contributed by atoms with Crippen molar-refractivity contribution in [3.8, 4) is 0 Å². The van der Waals surface area contributed by atoms with Crippen molar-refractivity contribution in [2.75, 3.05) is 19.7 Å². The molecule has 1 saturated heterocycles. The Morgan fingerprint density at radius 3 is 2.90 bits per heavy atom. The van der Waals surface area contributed by atoms with Crippen molar-refractivity contribution < 1.29 is 19.4 Å². The second-order valence-corrected chi connectivity index (χ2v) is 5.19. The maximum Gasteiger partial charge on any atom is 0.305 e. The lowest BCUT2D eigenvalue weighted by Gasteiger charge is -2.24. The quantitative estimate of drug-likeness (QED) is 0.859. The summed E-state index contributed by atoms with van der Waals surface area (Å²) in [5.41, 5.74) is 1.11. The van der Waals surface area contributed by atoms with E-state index in [4.69, 9.17) is 9.84 Å². The van der Waals surface area contributed by atoms with Gasteiger partial charge in [-0.3, -0.25) is 9.59 Å². The number of nitrogens with zero attached hydrogens (tertiary/aromatic N) is 2. The van der Waals surface area contributed by atoms with Gasteiger partial charge in [0.1, 0.15) is 5.69 Å². The summed E-state index contributed by atoms with van der Waals surface area (Å²) < 4.78 is 5.54. The highest BCUT2D eigenvalue weighted by molar-refractivity contribution is 5.92. The molecule has 1 unspecified atom stereocenters. The first-order valence-electron chi connectivity index (χ1n) is 7.12. The Morgan fingerprint density at radius 1 is 1.48 bits per heavy atom. The van der Waals surface area contributed by atoms with Gasteiger partial charge in [-0.1, -0.05) is 6.07 Å². The molecule has 1 aliphatic rings. The first-order valence-corrected chi connectivity index (χ1v) is 7.12. The predicted octanol–water partition coefficient (Wildman–Crippen LogP) is 1.49. The molecule has 1 N–H and O–H groups in total. The smallest absolute Gasteiger partial charge is 0.305 e. The third kappa shape index (κ3) is 4.53. The Balaban J connectivity index is 2.08. The van der Waals surface area contributed by atoms with Gasteiger partial charge in [-0.2, -0.15) is 0 Å². The van der Waals surface area contributed by atoms with Gasteiger partial charge in [0.2, 0.25) is 0 Å². The van der Waals surface area contributed by atoms with Gasteiger partial charge < -0.3 is 14.7 Å². The summed E-state index contributed by atoms with van der Waals surface area (Å²) in [6, 6.07) is 5.24. The molecule has 1 aliphatic heterocycles. The summed E-state index contributed by atoms with van der Waals surface area (Å²) in [7, 11) is 0. The van der Waals surface area contributed by atoms with Crippen molar-refractivity contribution in [1.82, 2.24) is 9.88 Å². The zero-order valence-electron chi connectivity index (χ0n) is 12.1. The van der Waals surface area contributed by atoms with Gasteiger partial charge in [0.05, 0.1) is 12.5 Å². The number of rotatable bonds is 6. The van der Waals surface area contributed by atoms with Gasteiger partial charge >= 0.3 is 5.97 Å². The molecule has 2 heterocycles. The van der Waals surface area contributed by atoms with Gasteiger partial charge in [-0.25, -0.2) is 4.98 Å². The zero-order valence-corrected chi connectivity index (χ0v) is 12.1. The minimum atomic E-state index is -0.919. The van der Waals surface area contributed by atoms with Crippen LogP contribution in [0.3, 0.4) is 0 Å². The molecule has 0 aromatic carbocycles. The highest BCUT2D eigenvalue weighted by Gasteiger charge is 2.24. The number of hydrogen-bond acceptors (Lipinski definition) is 4. The largest absolute Gasteiger partial charge is 0.481 e. The van der Waals surface area contributed by atoms with Crippen molar-refractivity contribution in [3.05, 3.63) is 29.6 Å². The van der Waals surface area contributed by atoms with Crippen molar-refractivity contribution in [2.45, 2.75) is 32.3 Å². The number of amides is 1. The molecule has 114 valence electrons. The van der Waals surface area contributed by atoms with E-state index >= 15 is 0 Å². The van der Waals surface area contributed by atoms with E-state index in [1.54, 1.807) is 12.1 Å². The van der Waals surface area contributed by atoms with E-state index < -0.39 is 5.97 Å². The molecule has 1 aromatic rings. The van der Waals surface area contributed by atoms with Crippen LogP contribution in [-0.4, -0.2) is 52.7 Å². The van der Waals surface area contributed by atoms with Crippen LogP contribution in [0.15, 0.2) is 18.2 Å². The molecule has 1 amide bonds. The van der Waals surface area contributed by atoms with Crippen molar-refractivity contribution in [1.29, 1.82) is 0 Å². The number of hydrogen-bond donors (Lipinski definition) is 1. The molecule has 1 aromatic heterocycles. The lowest BCUT2D eigenvalue weighted by atomic mass is 10.2. The molecule has 0 radical (unpaired) electrons. The topological polar surface area (TPSA) is 79.7 Å². The molecule has 0 spiro atoms. The van der Waals surface area contributed by atoms with E-state index in [1.165, 1.54) is 4.90 Å². The van der Waals surface area contributed by atoms with Gasteiger partial charge in [0.15, 0.2) is 0 Å². The average Bonchev–Trinajstić information content (AvgIpc) is 2.95. The van der Waals surface area contributed by atoms with Crippen LogP contribution in [-0.2, 0) is 9.53 Å². The second-order valence-electron chi connectivity index (χ2n) is 5.19. The van der Waals surface area contributed by atoms with Gasteiger partial charge in [-0.05, 0) is 31.9 Å². The number of carboxylic acids is 1. The van der Waals surface area contributed by atoms with Crippen LogP contribution in [0, 0.1) is 6.92 Å². The normalized spacial score (nSPS) is 17.7. The molecule has 0 bridgehead atoms. The number of aliphatic carboxylic acids is 1. The fourth-order valence-electron chi connectivity index (χ4n) is 2.36. The number of aromatic nitrogens is 1. The minimum Gasteiger partial charge on any atom is -0.481 e. The fraction of sp³-hybridized carbons (Fsp3) is 0.533. The number of ether oxygens (including phenoxy) is 1. The number of carbonyl (C=O) groups excluding carboxylic acids is 1. The average molecular weight is 292 g/mol. The molecule has 1 fully saturated rings. The minimum absolute atomic E-state index is 0.00689. The summed E-state index contributed by atoms with van der Waals surface area (Å²) in [4.78, 5) is 29.0. The van der Waals surface area contributed by atoms with Crippen LogP contribution in [0.5, 0.6) is 0 Å². The summed E-state index contributed by atoms with van der Waals surface area (Å²) in [6.45, 7) is 3.11. The lowest BCUT2D eigenvalue weighted by molar-refractivity contribution is -0.137. The highest BCUT2D eigenvalue weighted by atomic mass is 16.5. The molecule has 2 rings (SSSR count). The molecule has 6 heteroatoms. The molecule has 0 aliphatic carbocycles. The van der Waals surface area contributed by atoms with E-state index in [2.05, 4.69) is 4.98 Å². The van der Waals surface area contributed by atoms with Crippen LogP contribution >= 0.6 is 0 Å². The molecule has 6 nitrogen and oxygen atoms in total. The Hall–Kier alpha value is -1.95. The third-order valence-corrected chi connectivity index (χ3v) is 3.44. The van der Waals surface area contributed by atoms with Crippen LogP contribution < -0.4 is 0 Å². The molecular weight excluding hydrogens is 272 g/mol. The van der Waals surface area contributed by atoms with E-state index in [-0.39, 0.29) is 25.0 Å². The van der Waals surface area contributed by atoms with E-state index in [1.807, 2.05) is 13.0 Å². The summed E-state index contributed by atoms with van der Waals surface area (Å²) in [5.74, 6) is -1.16. The first kappa shape index (κ1) is 15.4. The number of pyridine rings is 1. The van der Waals surface area contributed by atoms with E-state index in [9.17, 15) is 9.59 Å². The zero-order chi connectivity index (χ0) is 15.2. The molecular formula is C15H20N2O4. The molecule has 21 heavy (non-hydrogen) atoms. The number of carboxylic acid groups (broad SMARTS) is 1. The number of carbonyl (C=O) groups is 2. The first-order chi connectivity index (χ1) is 10.1. The van der Waals surface area contributed by atoms with Crippen LogP contribution in [0.2, 0.25) is 0 Å². The van der Waals surface area contributed by atoms with Crippen molar-refractivity contribution in [2.24, 2.45) is 0 Å². The van der Waals surface area contributed by atoms with Gasteiger partial charge in [0.25, 0.3) is 5.91 Å². The lowest BCUT2D eigenvalue weighted by Crippen LogP contribution is -2.39. The Labute approximate surface area is 123 Å².